The number of rotatable bonds is 1. The van der Waals surface area contributed by atoms with Gasteiger partial charge in [-0.1, -0.05) is 72.8 Å². The van der Waals surface area contributed by atoms with Gasteiger partial charge in [-0.05, 0) is 32.7 Å². The molecule has 0 bridgehead atoms. The Morgan fingerprint density at radius 2 is 0.833 bits per heavy atom. The van der Waals surface area contributed by atoms with Crippen LogP contribution in [0.25, 0.3) is 32.7 Å². The van der Waals surface area contributed by atoms with Gasteiger partial charge in [0.1, 0.15) is 0 Å². The molecule has 0 saturated carbocycles. The molecule has 0 heterocycles. The van der Waals surface area contributed by atoms with Crippen molar-refractivity contribution in [3.63, 3.8) is 0 Å². The summed E-state index contributed by atoms with van der Waals surface area (Å²) in [6, 6.07) is 22.0. The first-order valence-corrected chi connectivity index (χ1v) is 7.13. The Hall–Kier alpha value is 0.273. The van der Waals surface area contributed by atoms with E-state index in [-0.39, 0.29) is 114 Å². The number of benzene rings is 4. The van der Waals surface area contributed by atoms with Gasteiger partial charge in [0.2, 0.25) is 0 Å². The molecule has 0 radical (unpaired) electrons. The normalized spacial score (nSPS) is 10.2. The second-order valence-electron chi connectivity index (χ2n) is 5.32. The van der Waals surface area contributed by atoms with Gasteiger partial charge >= 0.3 is 103 Å². The van der Waals surface area contributed by atoms with E-state index in [0.29, 0.717) is 11.1 Å². The second kappa shape index (κ2) is 8.77. The van der Waals surface area contributed by atoms with Crippen LogP contribution in [0.5, 0.6) is 11.5 Å². The van der Waals surface area contributed by atoms with Crippen molar-refractivity contribution in [2.24, 2.45) is 0 Å². The quantitative estimate of drug-likeness (QED) is 0.361. The third-order valence-corrected chi connectivity index (χ3v) is 4.03. The molecule has 0 saturated heterocycles. The van der Waals surface area contributed by atoms with E-state index < -0.39 is 0 Å². The van der Waals surface area contributed by atoms with E-state index in [0.717, 1.165) is 21.5 Å². The summed E-state index contributed by atoms with van der Waals surface area (Å²) >= 11 is 0. The zero-order valence-corrected chi connectivity index (χ0v) is 20.0. The Balaban J connectivity index is 0.00000104. The maximum Gasteiger partial charge on any atom is 1.00 e. The molecule has 0 N–H and O–H groups in total. The van der Waals surface area contributed by atoms with Gasteiger partial charge in [-0.3, -0.25) is 0 Å². The van der Waals surface area contributed by atoms with Crippen LogP contribution in [0.1, 0.15) is 0 Å². The van der Waals surface area contributed by atoms with Crippen molar-refractivity contribution < 1.29 is 113 Å². The Morgan fingerprint density at radius 1 is 0.458 bits per heavy atom. The predicted octanol–water partition coefficient (Wildman–Crippen LogP) is -2.18. The summed E-state index contributed by atoms with van der Waals surface area (Å²) in [6.45, 7) is 0. The molecule has 0 aliphatic rings. The Kier molecular flexibility index (Phi) is 7.53. The van der Waals surface area contributed by atoms with E-state index in [9.17, 15) is 10.2 Å². The summed E-state index contributed by atoms with van der Waals surface area (Å²) in [7, 11) is 0. The minimum atomic E-state index is -0.118. The fourth-order valence-electron chi connectivity index (χ4n) is 3.02. The van der Waals surface area contributed by atoms with Crippen LogP contribution < -0.4 is 113 Å². The predicted molar refractivity (Wildman–Crippen MR) is 85.8 cm³/mol. The topological polar surface area (TPSA) is 46.1 Å². The Morgan fingerprint density at radius 3 is 1.25 bits per heavy atom. The Labute approximate surface area is 225 Å². The van der Waals surface area contributed by atoms with Gasteiger partial charge in [0.15, 0.2) is 0 Å². The molecule has 0 spiro atoms. The zero-order chi connectivity index (χ0) is 15.1. The first-order chi connectivity index (χ1) is 10.8. The number of hydrogen-bond acceptors (Lipinski definition) is 2. The maximum absolute atomic E-state index is 12.5. The summed E-state index contributed by atoms with van der Waals surface area (Å²) in [5.41, 5.74) is 1.000. The van der Waals surface area contributed by atoms with Gasteiger partial charge in [-0.25, -0.2) is 0 Å². The smallest absolute Gasteiger partial charge is 0.872 e. The fraction of sp³-hybridized carbons (Fsp3) is 0. The first kappa shape index (κ1) is 20.6. The monoisotopic (exact) mass is 362 g/mol. The van der Waals surface area contributed by atoms with Crippen molar-refractivity contribution in [3.05, 3.63) is 72.8 Å². The third-order valence-electron chi connectivity index (χ3n) is 4.03. The molecule has 0 aromatic heterocycles. The second-order valence-corrected chi connectivity index (χ2v) is 5.32. The molecule has 106 valence electrons. The number of hydrogen-bond donors (Lipinski definition) is 0. The standard InChI is InChI=1S/C20H14O2.2K/c21-17-11-9-13-5-1-3-7-15(13)19(17)20-16-8-4-2-6-14(16)10-12-18(20)22;;/h1-12,21-22H;;/q;2*+1/p-2. The molecule has 0 aliphatic heterocycles. The van der Waals surface area contributed by atoms with Gasteiger partial charge < -0.3 is 10.2 Å². The van der Waals surface area contributed by atoms with Crippen LogP contribution in [0.2, 0.25) is 0 Å². The van der Waals surface area contributed by atoms with Gasteiger partial charge in [0.25, 0.3) is 0 Å². The molecule has 4 rings (SSSR count). The van der Waals surface area contributed by atoms with Gasteiger partial charge in [0, 0.05) is 0 Å². The SMILES string of the molecule is [K+].[K+].[O-]c1ccc2ccccc2c1-c1c([O-])ccc2ccccc12. The molecular weight excluding hydrogens is 350 g/mol. The molecule has 0 unspecified atom stereocenters. The summed E-state index contributed by atoms with van der Waals surface area (Å²) in [5, 5.41) is 28.6. The molecule has 0 fully saturated rings. The molecule has 0 amide bonds. The molecule has 0 aliphatic carbocycles. The molecule has 4 aromatic carbocycles. The van der Waals surface area contributed by atoms with Crippen molar-refractivity contribution in [1.29, 1.82) is 0 Å². The zero-order valence-electron chi connectivity index (χ0n) is 13.7. The third kappa shape index (κ3) is 3.69. The van der Waals surface area contributed by atoms with Crippen LogP contribution in [0.15, 0.2) is 72.8 Å². The minimum Gasteiger partial charge on any atom is -0.872 e. The summed E-state index contributed by atoms with van der Waals surface area (Å²) < 4.78 is 0. The van der Waals surface area contributed by atoms with Crippen molar-refractivity contribution in [2.45, 2.75) is 0 Å². The van der Waals surface area contributed by atoms with Crippen LogP contribution >= 0.6 is 0 Å². The molecule has 24 heavy (non-hydrogen) atoms. The minimum absolute atomic E-state index is 0. The van der Waals surface area contributed by atoms with E-state index in [2.05, 4.69) is 0 Å². The maximum atomic E-state index is 12.5. The van der Waals surface area contributed by atoms with Gasteiger partial charge in [-0.2, -0.15) is 0 Å². The van der Waals surface area contributed by atoms with E-state index in [1.54, 1.807) is 24.3 Å². The van der Waals surface area contributed by atoms with Crippen molar-refractivity contribution in [2.75, 3.05) is 0 Å². The van der Waals surface area contributed by atoms with Crippen molar-refractivity contribution >= 4 is 21.5 Å². The van der Waals surface area contributed by atoms with Gasteiger partial charge in [0.05, 0.1) is 0 Å². The average molecular weight is 363 g/mol. The molecule has 4 aromatic rings. The first-order valence-electron chi connectivity index (χ1n) is 7.13. The van der Waals surface area contributed by atoms with Crippen LogP contribution in [-0.4, -0.2) is 0 Å². The molecule has 0 atom stereocenters. The molecule has 4 heteroatoms. The van der Waals surface area contributed by atoms with E-state index in [1.807, 2.05) is 48.5 Å². The van der Waals surface area contributed by atoms with Crippen LogP contribution in [-0.2, 0) is 0 Å². The largest absolute Gasteiger partial charge is 1.00 e. The average Bonchev–Trinajstić information content (AvgIpc) is 2.56. The van der Waals surface area contributed by atoms with Crippen LogP contribution in [0, 0.1) is 0 Å². The van der Waals surface area contributed by atoms with Crippen LogP contribution in [0.4, 0.5) is 0 Å². The van der Waals surface area contributed by atoms with Crippen LogP contribution in [0.3, 0.4) is 0 Å². The van der Waals surface area contributed by atoms with E-state index >= 15 is 0 Å². The Bertz CT molecular complexity index is 929. The summed E-state index contributed by atoms with van der Waals surface area (Å²) in [5.74, 6) is -0.237. The summed E-state index contributed by atoms with van der Waals surface area (Å²) in [6.07, 6.45) is 0. The molecular formula is C20H12K2O2. The number of fused-ring (bicyclic) bond motifs is 2. The van der Waals surface area contributed by atoms with Gasteiger partial charge in [-0.15, -0.1) is 11.5 Å². The summed E-state index contributed by atoms with van der Waals surface area (Å²) in [4.78, 5) is 0. The van der Waals surface area contributed by atoms with Crippen molar-refractivity contribution in [3.8, 4) is 22.6 Å². The molecule has 2 nitrogen and oxygen atoms in total. The van der Waals surface area contributed by atoms with E-state index in [4.69, 9.17) is 0 Å². The van der Waals surface area contributed by atoms with Crippen molar-refractivity contribution in [1.82, 2.24) is 0 Å². The van der Waals surface area contributed by atoms with E-state index in [1.165, 1.54) is 0 Å². The fourth-order valence-corrected chi connectivity index (χ4v) is 3.02.